The zero-order valence-electron chi connectivity index (χ0n) is 17.8. The molecule has 5 rings (SSSR count). The summed E-state index contributed by atoms with van der Waals surface area (Å²) in [5, 5.41) is 8.41. The number of methoxy groups -OCH3 is 1. The Balaban J connectivity index is 1.36. The largest absolute Gasteiger partial charge is 0.495 e. The van der Waals surface area contributed by atoms with Gasteiger partial charge in [-0.05, 0) is 31.2 Å². The first kappa shape index (κ1) is 19.8. The normalized spacial score (nSPS) is 12.9. The molecule has 0 radical (unpaired) electrons. The predicted molar refractivity (Wildman–Crippen MR) is 118 cm³/mol. The maximum atomic E-state index is 12.9. The van der Waals surface area contributed by atoms with E-state index in [2.05, 4.69) is 15.3 Å². The Morgan fingerprint density at radius 2 is 2.03 bits per heavy atom. The molecule has 0 fully saturated rings. The second kappa shape index (κ2) is 8.18. The summed E-state index contributed by atoms with van der Waals surface area (Å²) in [6.07, 6.45) is 5.45. The molecule has 0 N–H and O–H groups in total. The van der Waals surface area contributed by atoms with Crippen LogP contribution in [0.15, 0.2) is 61.2 Å². The zero-order valence-corrected chi connectivity index (χ0v) is 17.8. The molecule has 32 heavy (non-hydrogen) atoms. The van der Waals surface area contributed by atoms with Crippen LogP contribution in [-0.2, 0) is 11.3 Å². The molecule has 0 saturated carbocycles. The molecule has 9 heteroatoms. The number of rotatable bonds is 5. The summed E-state index contributed by atoms with van der Waals surface area (Å²) >= 11 is 0. The summed E-state index contributed by atoms with van der Waals surface area (Å²) in [6, 6.07) is 13.3. The number of ether oxygens (including phenoxy) is 2. The van der Waals surface area contributed by atoms with Crippen molar-refractivity contribution in [1.29, 1.82) is 0 Å². The molecule has 3 heterocycles. The summed E-state index contributed by atoms with van der Waals surface area (Å²) in [5.74, 6) is 1.34. The van der Waals surface area contributed by atoms with E-state index in [0.717, 1.165) is 22.6 Å². The first-order chi connectivity index (χ1) is 15.6. The highest BCUT2D eigenvalue weighted by molar-refractivity contribution is 5.95. The van der Waals surface area contributed by atoms with Crippen LogP contribution in [0.4, 0.5) is 5.69 Å². The average molecular weight is 430 g/mol. The van der Waals surface area contributed by atoms with Gasteiger partial charge in [-0.25, -0.2) is 9.67 Å². The number of benzene rings is 2. The van der Waals surface area contributed by atoms with E-state index in [4.69, 9.17) is 9.47 Å². The molecule has 0 aliphatic carbocycles. The Hall–Kier alpha value is -4.14. The molecule has 0 spiro atoms. The standard InChI is InChI=1S/C23H22N6O3/c1-16-12-27(15-24-16)19-8-7-17(11-22(19)31-2)18-13-28(26-25-18)14-23(30)29-9-10-32-21-6-4-3-5-20(21)29/h3-8,11-13,15H,9-10,14H2,1-2H3. The minimum atomic E-state index is -0.0689. The van der Waals surface area contributed by atoms with Crippen molar-refractivity contribution in [3.05, 3.63) is 66.9 Å². The van der Waals surface area contributed by atoms with Gasteiger partial charge in [0, 0.05) is 11.8 Å². The fourth-order valence-electron chi connectivity index (χ4n) is 3.76. The summed E-state index contributed by atoms with van der Waals surface area (Å²) in [7, 11) is 1.63. The molecular formula is C23H22N6O3. The summed E-state index contributed by atoms with van der Waals surface area (Å²) in [6.45, 7) is 3.00. The third-order valence-corrected chi connectivity index (χ3v) is 5.33. The first-order valence-corrected chi connectivity index (χ1v) is 10.2. The Morgan fingerprint density at radius 1 is 1.16 bits per heavy atom. The quantitative estimate of drug-likeness (QED) is 0.484. The van der Waals surface area contributed by atoms with E-state index < -0.39 is 0 Å². The molecular weight excluding hydrogens is 408 g/mol. The van der Waals surface area contributed by atoms with Crippen LogP contribution in [0.25, 0.3) is 16.9 Å². The van der Waals surface area contributed by atoms with Crippen molar-refractivity contribution in [2.75, 3.05) is 25.2 Å². The molecule has 0 saturated heterocycles. The van der Waals surface area contributed by atoms with Crippen LogP contribution in [0.3, 0.4) is 0 Å². The Labute approximate surface area is 184 Å². The van der Waals surface area contributed by atoms with Gasteiger partial charge in [-0.15, -0.1) is 5.10 Å². The molecule has 9 nitrogen and oxygen atoms in total. The van der Waals surface area contributed by atoms with E-state index in [9.17, 15) is 4.79 Å². The molecule has 1 aliphatic rings. The zero-order chi connectivity index (χ0) is 22.1. The smallest absolute Gasteiger partial charge is 0.249 e. The van der Waals surface area contributed by atoms with Crippen LogP contribution >= 0.6 is 0 Å². The lowest BCUT2D eigenvalue weighted by Gasteiger charge is -2.29. The van der Waals surface area contributed by atoms with Crippen LogP contribution in [0, 0.1) is 6.92 Å². The molecule has 162 valence electrons. The number of amides is 1. The van der Waals surface area contributed by atoms with Crippen LogP contribution in [0.2, 0.25) is 0 Å². The average Bonchev–Trinajstić information content (AvgIpc) is 3.47. The molecule has 1 amide bonds. The highest BCUT2D eigenvalue weighted by Gasteiger charge is 2.24. The SMILES string of the molecule is COc1cc(-c2cn(CC(=O)N3CCOc4ccccc43)nn2)ccc1-n1cnc(C)c1. The maximum absolute atomic E-state index is 12.9. The molecule has 4 aromatic rings. The number of carbonyl (C=O) groups is 1. The second-order valence-electron chi connectivity index (χ2n) is 7.47. The van der Waals surface area contributed by atoms with E-state index in [1.54, 1.807) is 29.2 Å². The monoisotopic (exact) mass is 430 g/mol. The van der Waals surface area contributed by atoms with Crippen molar-refractivity contribution in [2.24, 2.45) is 0 Å². The number of hydrogen-bond acceptors (Lipinski definition) is 6. The van der Waals surface area contributed by atoms with Gasteiger partial charge in [0.05, 0.1) is 43.2 Å². The van der Waals surface area contributed by atoms with E-state index in [1.165, 1.54) is 0 Å². The van der Waals surface area contributed by atoms with Crippen molar-refractivity contribution in [3.8, 4) is 28.4 Å². The number of imidazole rings is 1. The number of anilines is 1. The topological polar surface area (TPSA) is 87.3 Å². The summed E-state index contributed by atoms with van der Waals surface area (Å²) in [5.41, 5.74) is 4.08. The Kier molecular flexibility index (Phi) is 5.06. The predicted octanol–water partition coefficient (Wildman–Crippen LogP) is 2.87. The number of fused-ring (bicyclic) bond motifs is 1. The van der Waals surface area contributed by atoms with Gasteiger partial charge in [0.1, 0.15) is 30.3 Å². The number of aryl methyl sites for hydroxylation is 1. The van der Waals surface area contributed by atoms with Gasteiger partial charge in [-0.2, -0.15) is 0 Å². The lowest BCUT2D eigenvalue weighted by molar-refractivity contribution is -0.119. The van der Waals surface area contributed by atoms with Gasteiger partial charge in [-0.1, -0.05) is 23.4 Å². The van der Waals surface area contributed by atoms with Gasteiger partial charge in [0.25, 0.3) is 0 Å². The lowest BCUT2D eigenvalue weighted by atomic mass is 10.1. The fraction of sp³-hybridized carbons (Fsp3) is 0.217. The van der Waals surface area contributed by atoms with Crippen molar-refractivity contribution in [1.82, 2.24) is 24.5 Å². The fourth-order valence-corrected chi connectivity index (χ4v) is 3.76. The van der Waals surface area contributed by atoms with Gasteiger partial charge in [0.15, 0.2) is 0 Å². The van der Waals surface area contributed by atoms with Gasteiger partial charge in [-0.3, -0.25) is 4.79 Å². The number of aromatic nitrogens is 5. The number of carbonyl (C=O) groups excluding carboxylic acids is 1. The summed E-state index contributed by atoms with van der Waals surface area (Å²) < 4.78 is 14.7. The van der Waals surface area contributed by atoms with Crippen LogP contribution < -0.4 is 14.4 Å². The molecule has 2 aromatic carbocycles. The van der Waals surface area contributed by atoms with Gasteiger partial charge < -0.3 is 18.9 Å². The van der Waals surface area contributed by atoms with Crippen molar-refractivity contribution in [2.45, 2.75) is 13.5 Å². The van der Waals surface area contributed by atoms with Crippen LogP contribution in [-0.4, -0.2) is 50.7 Å². The van der Waals surface area contributed by atoms with Gasteiger partial charge >= 0.3 is 0 Å². The van der Waals surface area contributed by atoms with E-state index in [0.29, 0.717) is 30.3 Å². The van der Waals surface area contributed by atoms with Gasteiger partial charge in [0.2, 0.25) is 5.91 Å². The highest BCUT2D eigenvalue weighted by Crippen LogP contribution is 2.31. The van der Waals surface area contributed by atoms with Crippen molar-refractivity contribution in [3.63, 3.8) is 0 Å². The van der Waals surface area contributed by atoms with Crippen molar-refractivity contribution < 1.29 is 14.3 Å². The lowest BCUT2D eigenvalue weighted by Crippen LogP contribution is -2.39. The maximum Gasteiger partial charge on any atom is 0.249 e. The number of para-hydroxylation sites is 2. The highest BCUT2D eigenvalue weighted by atomic mass is 16.5. The minimum Gasteiger partial charge on any atom is -0.495 e. The number of nitrogens with zero attached hydrogens (tertiary/aromatic N) is 6. The van der Waals surface area contributed by atoms with E-state index in [1.807, 2.05) is 60.2 Å². The molecule has 0 unspecified atom stereocenters. The van der Waals surface area contributed by atoms with Crippen LogP contribution in [0.5, 0.6) is 11.5 Å². The number of hydrogen-bond donors (Lipinski definition) is 0. The van der Waals surface area contributed by atoms with Crippen molar-refractivity contribution >= 4 is 11.6 Å². The minimum absolute atomic E-state index is 0.0689. The molecule has 0 atom stereocenters. The molecule has 1 aliphatic heterocycles. The summed E-state index contributed by atoms with van der Waals surface area (Å²) in [4.78, 5) is 18.9. The molecule has 2 aromatic heterocycles. The Bertz CT molecular complexity index is 1280. The molecule has 0 bridgehead atoms. The van der Waals surface area contributed by atoms with E-state index in [-0.39, 0.29) is 12.5 Å². The first-order valence-electron chi connectivity index (χ1n) is 10.2. The van der Waals surface area contributed by atoms with E-state index >= 15 is 0 Å². The van der Waals surface area contributed by atoms with Crippen LogP contribution in [0.1, 0.15) is 5.69 Å². The second-order valence-corrected chi connectivity index (χ2v) is 7.47. The Morgan fingerprint density at radius 3 is 2.84 bits per heavy atom. The third-order valence-electron chi connectivity index (χ3n) is 5.33. The third kappa shape index (κ3) is 3.68.